The SMILES string of the molecule is Cc1c(C(=O)NC2(C(=O)O)CCSC2)sc2ccc(F)cc12. The molecule has 2 heterocycles. The summed E-state index contributed by atoms with van der Waals surface area (Å²) in [5.41, 5.74) is -0.515. The lowest BCUT2D eigenvalue weighted by Crippen LogP contribution is -2.54. The largest absolute Gasteiger partial charge is 0.479 e. The van der Waals surface area contributed by atoms with Gasteiger partial charge in [0.25, 0.3) is 5.91 Å². The Labute approximate surface area is 134 Å². The molecule has 116 valence electrons. The van der Waals surface area contributed by atoms with Crippen LogP contribution in [0.3, 0.4) is 0 Å². The summed E-state index contributed by atoms with van der Waals surface area (Å²) in [6.45, 7) is 1.75. The number of hydrogen-bond donors (Lipinski definition) is 2. The van der Waals surface area contributed by atoms with E-state index < -0.39 is 17.4 Å². The Morgan fingerprint density at radius 1 is 1.41 bits per heavy atom. The van der Waals surface area contributed by atoms with Crippen LogP contribution in [0.5, 0.6) is 0 Å². The lowest BCUT2D eigenvalue weighted by molar-refractivity contribution is -0.143. The van der Waals surface area contributed by atoms with Gasteiger partial charge in [0.1, 0.15) is 11.4 Å². The normalized spacial score (nSPS) is 21.2. The zero-order valence-electron chi connectivity index (χ0n) is 11.8. The molecule has 3 rings (SSSR count). The number of benzene rings is 1. The van der Waals surface area contributed by atoms with Crippen LogP contribution >= 0.6 is 23.1 Å². The summed E-state index contributed by atoms with van der Waals surface area (Å²) in [6.07, 6.45) is 0.414. The first-order valence-corrected chi connectivity index (χ1v) is 8.72. The molecule has 22 heavy (non-hydrogen) atoms. The van der Waals surface area contributed by atoms with Crippen molar-refractivity contribution in [1.82, 2.24) is 5.32 Å². The van der Waals surface area contributed by atoms with E-state index in [2.05, 4.69) is 5.32 Å². The van der Waals surface area contributed by atoms with Crippen molar-refractivity contribution in [3.8, 4) is 0 Å². The van der Waals surface area contributed by atoms with Crippen LogP contribution in [0.25, 0.3) is 10.1 Å². The summed E-state index contributed by atoms with van der Waals surface area (Å²) in [4.78, 5) is 24.5. The second-order valence-electron chi connectivity index (χ2n) is 5.34. The fraction of sp³-hybridized carbons (Fsp3) is 0.333. The fourth-order valence-corrected chi connectivity index (χ4v) is 4.98. The summed E-state index contributed by atoms with van der Waals surface area (Å²) in [5.74, 6) is -0.676. The van der Waals surface area contributed by atoms with E-state index in [4.69, 9.17) is 0 Å². The highest BCUT2D eigenvalue weighted by Crippen LogP contribution is 2.33. The number of thioether (sulfide) groups is 1. The van der Waals surface area contributed by atoms with Crippen molar-refractivity contribution in [2.45, 2.75) is 18.9 Å². The molecule has 4 nitrogen and oxygen atoms in total. The molecule has 0 bridgehead atoms. The van der Waals surface area contributed by atoms with Gasteiger partial charge in [-0.1, -0.05) is 0 Å². The molecule has 0 saturated carbocycles. The average molecular weight is 339 g/mol. The first-order valence-electron chi connectivity index (χ1n) is 6.75. The molecule has 1 aliphatic rings. The molecule has 1 amide bonds. The molecule has 2 N–H and O–H groups in total. The number of fused-ring (bicyclic) bond motifs is 1. The molecule has 1 fully saturated rings. The number of carboxylic acid groups (broad SMARTS) is 1. The zero-order chi connectivity index (χ0) is 15.9. The van der Waals surface area contributed by atoms with Crippen LogP contribution in [0, 0.1) is 12.7 Å². The molecule has 1 atom stereocenters. The number of aliphatic carboxylic acids is 1. The van der Waals surface area contributed by atoms with Crippen LogP contribution in [-0.4, -0.2) is 34.0 Å². The number of hydrogen-bond acceptors (Lipinski definition) is 4. The van der Waals surface area contributed by atoms with Crippen molar-refractivity contribution in [2.75, 3.05) is 11.5 Å². The second kappa shape index (κ2) is 5.55. The van der Waals surface area contributed by atoms with Gasteiger partial charge in [0.15, 0.2) is 0 Å². The van der Waals surface area contributed by atoms with Gasteiger partial charge in [0.2, 0.25) is 0 Å². The van der Waals surface area contributed by atoms with Crippen LogP contribution in [0.4, 0.5) is 4.39 Å². The molecule has 1 aliphatic heterocycles. The molecular weight excluding hydrogens is 325 g/mol. The predicted molar refractivity (Wildman–Crippen MR) is 86.3 cm³/mol. The third-order valence-corrected chi connectivity index (χ3v) is 6.35. The Morgan fingerprint density at radius 2 is 2.18 bits per heavy atom. The van der Waals surface area contributed by atoms with Gasteiger partial charge < -0.3 is 10.4 Å². The number of nitrogens with one attached hydrogen (secondary N) is 1. The van der Waals surface area contributed by atoms with Crippen LogP contribution < -0.4 is 5.32 Å². The lowest BCUT2D eigenvalue weighted by atomic mass is 9.99. The van der Waals surface area contributed by atoms with E-state index in [1.807, 2.05) is 0 Å². The molecule has 1 aromatic heterocycles. The Morgan fingerprint density at radius 3 is 2.82 bits per heavy atom. The standard InChI is InChI=1S/C15H14FNO3S2/c1-8-10-6-9(16)2-3-11(10)22-12(8)13(18)17-15(14(19)20)4-5-21-7-15/h2-3,6H,4-5,7H2,1H3,(H,17,18)(H,19,20). The number of carbonyl (C=O) groups is 2. The number of aryl methyl sites for hydroxylation is 1. The van der Waals surface area contributed by atoms with Gasteiger partial charge in [-0.05, 0) is 48.2 Å². The van der Waals surface area contributed by atoms with Gasteiger partial charge in [-0.15, -0.1) is 11.3 Å². The van der Waals surface area contributed by atoms with E-state index in [1.54, 1.807) is 13.0 Å². The molecule has 1 unspecified atom stereocenters. The quantitative estimate of drug-likeness (QED) is 0.902. The highest BCUT2D eigenvalue weighted by Gasteiger charge is 2.43. The summed E-state index contributed by atoms with van der Waals surface area (Å²) in [7, 11) is 0. The van der Waals surface area contributed by atoms with Crippen molar-refractivity contribution in [2.24, 2.45) is 0 Å². The fourth-order valence-electron chi connectivity index (χ4n) is 2.57. The molecule has 0 spiro atoms. The Bertz CT molecular complexity index is 765. The topological polar surface area (TPSA) is 66.4 Å². The minimum atomic E-state index is -1.20. The lowest BCUT2D eigenvalue weighted by Gasteiger charge is -2.24. The molecule has 1 saturated heterocycles. The van der Waals surface area contributed by atoms with Crippen molar-refractivity contribution >= 4 is 45.1 Å². The third kappa shape index (κ3) is 2.48. The summed E-state index contributed by atoms with van der Waals surface area (Å²) >= 11 is 2.77. The van der Waals surface area contributed by atoms with Crippen molar-refractivity contribution < 1.29 is 19.1 Å². The number of rotatable bonds is 3. The Kier molecular flexibility index (Phi) is 3.86. The van der Waals surface area contributed by atoms with Crippen LogP contribution in [-0.2, 0) is 4.79 Å². The number of carboxylic acids is 1. The summed E-state index contributed by atoms with van der Waals surface area (Å²) in [6, 6.07) is 4.39. The molecule has 7 heteroatoms. The molecule has 2 aromatic rings. The van der Waals surface area contributed by atoms with E-state index >= 15 is 0 Å². The van der Waals surface area contributed by atoms with E-state index in [9.17, 15) is 19.1 Å². The average Bonchev–Trinajstić information content (AvgIpc) is 3.06. The number of thiophene rings is 1. The van der Waals surface area contributed by atoms with Crippen molar-refractivity contribution in [1.29, 1.82) is 0 Å². The third-order valence-electron chi connectivity index (χ3n) is 3.89. The van der Waals surface area contributed by atoms with Crippen molar-refractivity contribution in [3.63, 3.8) is 0 Å². The first-order chi connectivity index (χ1) is 10.4. The van der Waals surface area contributed by atoms with Crippen LogP contribution in [0.15, 0.2) is 18.2 Å². The minimum absolute atomic E-state index is 0.352. The molecule has 1 aromatic carbocycles. The van der Waals surface area contributed by atoms with Gasteiger partial charge >= 0.3 is 5.97 Å². The highest BCUT2D eigenvalue weighted by atomic mass is 32.2. The van der Waals surface area contributed by atoms with E-state index in [0.29, 0.717) is 33.8 Å². The maximum atomic E-state index is 13.3. The highest BCUT2D eigenvalue weighted by molar-refractivity contribution is 7.99. The molecular formula is C15H14FNO3S2. The Balaban J connectivity index is 1.95. The maximum Gasteiger partial charge on any atom is 0.330 e. The summed E-state index contributed by atoms with van der Waals surface area (Å²) < 4.78 is 14.2. The number of amides is 1. The molecule has 0 aliphatic carbocycles. The van der Waals surface area contributed by atoms with Gasteiger partial charge in [0, 0.05) is 10.5 Å². The molecule has 0 radical (unpaired) electrons. The monoisotopic (exact) mass is 339 g/mol. The second-order valence-corrected chi connectivity index (χ2v) is 7.50. The van der Waals surface area contributed by atoms with Gasteiger partial charge in [-0.2, -0.15) is 11.8 Å². The predicted octanol–water partition coefficient (Wildman–Crippen LogP) is 3.04. The van der Waals surface area contributed by atoms with Gasteiger partial charge in [-0.3, -0.25) is 4.79 Å². The van der Waals surface area contributed by atoms with Crippen molar-refractivity contribution in [3.05, 3.63) is 34.5 Å². The number of carbonyl (C=O) groups excluding carboxylic acids is 1. The zero-order valence-corrected chi connectivity index (χ0v) is 13.4. The van der Waals surface area contributed by atoms with E-state index in [-0.39, 0.29) is 5.82 Å². The number of halogens is 1. The van der Waals surface area contributed by atoms with Gasteiger partial charge in [0.05, 0.1) is 4.88 Å². The van der Waals surface area contributed by atoms with E-state index in [1.165, 1.54) is 35.2 Å². The Hall–Kier alpha value is -1.60. The maximum absolute atomic E-state index is 13.3. The van der Waals surface area contributed by atoms with E-state index in [0.717, 1.165) is 4.70 Å². The summed E-state index contributed by atoms with van der Waals surface area (Å²) in [5, 5.41) is 12.8. The minimum Gasteiger partial charge on any atom is -0.479 e. The van der Waals surface area contributed by atoms with Crippen LogP contribution in [0.2, 0.25) is 0 Å². The van der Waals surface area contributed by atoms with Gasteiger partial charge in [-0.25, -0.2) is 9.18 Å². The smallest absolute Gasteiger partial charge is 0.330 e. The first kappa shape index (κ1) is 15.3. The van der Waals surface area contributed by atoms with Crippen LogP contribution in [0.1, 0.15) is 21.7 Å².